The van der Waals surface area contributed by atoms with E-state index in [1.807, 2.05) is 24.0 Å². The number of alkyl halides is 3. The van der Waals surface area contributed by atoms with Crippen LogP contribution in [0.1, 0.15) is 31.7 Å². The van der Waals surface area contributed by atoms with Gasteiger partial charge in [0.05, 0.1) is 5.92 Å². The van der Waals surface area contributed by atoms with Crippen molar-refractivity contribution in [2.75, 3.05) is 18.0 Å². The fourth-order valence-electron chi connectivity index (χ4n) is 2.61. The molecule has 6 heteroatoms. The third-order valence-electron chi connectivity index (χ3n) is 4.11. The summed E-state index contributed by atoms with van der Waals surface area (Å²) < 4.78 is 37.9. The van der Waals surface area contributed by atoms with E-state index in [2.05, 4.69) is 4.98 Å². The number of nitrogens with zero attached hydrogens (tertiary/aromatic N) is 2. The number of aromatic nitrogens is 1. The highest BCUT2D eigenvalue weighted by Gasteiger charge is 2.41. The van der Waals surface area contributed by atoms with Crippen LogP contribution in [-0.2, 0) is 6.42 Å². The normalized spacial score (nSPS) is 18.8. The molecule has 2 N–H and O–H groups in total. The monoisotopic (exact) mass is 301 g/mol. The second kappa shape index (κ2) is 6.64. The Hall–Kier alpha value is -1.30. The first-order chi connectivity index (χ1) is 9.90. The van der Waals surface area contributed by atoms with Gasteiger partial charge >= 0.3 is 6.18 Å². The van der Waals surface area contributed by atoms with Crippen LogP contribution < -0.4 is 10.6 Å². The zero-order chi connectivity index (χ0) is 15.5. The summed E-state index contributed by atoms with van der Waals surface area (Å²) in [7, 11) is 0. The molecule has 0 radical (unpaired) electrons. The van der Waals surface area contributed by atoms with Crippen molar-refractivity contribution in [2.45, 2.75) is 44.8 Å². The molecule has 1 fully saturated rings. The van der Waals surface area contributed by atoms with Crippen molar-refractivity contribution in [1.29, 1.82) is 0 Å². The van der Waals surface area contributed by atoms with Crippen LogP contribution in [0.25, 0.3) is 0 Å². The molecule has 2 rings (SSSR count). The fourth-order valence-corrected chi connectivity index (χ4v) is 2.61. The molecule has 1 atom stereocenters. The van der Waals surface area contributed by atoms with Gasteiger partial charge in [-0.1, -0.05) is 13.0 Å². The highest BCUT2D eigenvalue weighted by atomic mass is 19.4. The van der Waals surface area contributed by atoms with E-state index >= 15 is 0 Å². The number of rotatable bonds is 4. The predicted molar refractivity (Wildman–Crippen MR) is 77.2 cm³/mol. The zero-order valence-electron chi connectivity index (χ0n) is 12.2. The summed E-state index contributed by atoms with van der Waals surface area (Å²) in [5.41, 5.74) is 6.96. The lowest BCUT2D eigenvalue weighted by Crippen LogP contribution is -2.39. The Morgan fingerprint density at radius 1 is 1.33 bits per heavy atom. The van der Waals surface area contributed by atoms with E-state index in [0.29, 0.717) is 13.1 Å². The summed E-state index contributed by atoms with van der Waals surface area (Å²) in [6.07, 6.45) is -0.311. The Labute approximate surface area is 123 Å². The first-order valence-electron chi connectivity index (χ1n) is 7.42. The van der Waals surface area contributed by atoms with Gasteiger partial charge in [-0.25, -0.2) is 4.98 Å². The molecule has 0 aliphatic carbocycles. The first kappa shape index (κ1) is 16.1. The van der Waals surface area contributed by atoms with Gasteiger partial charge in [0, 0.05) is 25.3 Å². The second-order valence-electron chi connectivity index (χ2n) is 5.70. The van der Waals surface area contributed by atoms with Gasteiger partial charge in [-0.15, -0.1) is 0 Å². The Balaban J connectivity index is 1.92. The molecule has 1 unspecified atom stereocenters. The van der Waals surface area contributed by atoms with Crippen LogP contribution in [0.4, 0.5) is 19.0 Å². The van der Waals surface area contributed by atoms with Crippen molar-refractivity contribution in [3.63, 3.8) is 0 Å². The Morgan fingerprint density at radius 2 is 2.00 bits per heavy atom. The minimum atomic E-state index is -4.07. The molecule has 1 saturated heterocycles. The molecule has 0 spiro atoms. The van der Waals surface area contributed by atoms with E-state index in [1.54, 1.807) is 6.20 Å². The smallest absolute Gasteiger partial charge is 0.357 e. The molecule has 1 aromatic heterocycles. The molecular formula is C15H22F3N3. The zero-order valence-corrected chi connectivity index (χ0v) is 12.2. The Morgan fingerprint density at radius 3 is 2.48 bits per heavy atom. The summed E-state index contributed by atoms with van der Waals surface area (Å²) >= 11 is 0. The number of nitrogens with two attached hydrogens (primary N) is 1. The molecule has 1 aliphatic heterocycles. The SMILES string of the molecule is CCC(N)Cc1ccc(N2CCC(C(F)(F)F)CC2)nc1. The first-order valence-corrected chi connectivity index (χ1v) is 7.42. The van der Waals surface area contributed by atoms with Crippen molar-refractivity contribution in [2.24, 2.45) is 11.7 Å². The summed E-state index contributed by atoms with van der Waals surface area (Å²) in [6, 6.07) is 3.97. The molecule has 3 nitrogen and oxygen atoms in total. The number of hydrogen-bond acceptors (Lipinski definition) is 3. The lowest BCUT2D eigenvalue weighted by Gasteiger charge is -2.33. The second-order valence-corrected chi connectivity index (χ2v) is 5.70. The van der Waals surface area contributed by atoms with Crippen LogP contribution in [0.3, 0.4) is 0 Å². The molecule has 0 bridgehead atoms. The summed E-state index contributed by atoms with van der Waals surface area (Å²) in [6.45, 7) is 2.85. The third-order valence-corrected chi connectivity index (χ3v) is 4.11. The maximum Gasteiger partial charge on any atom is 0.391 e. The van der Waals surface area contributed by atoms with Gasteiger partial charge in [-0.05, 0) is 37.3 Å². The Kier molecular flexibility index (Phi) is 5.08. The van der Waals surface area contributed by atoms with E-state index in [1.165, 1.54) is 0 Å². The molecule has 21 heavy (non-hydrogen) atoms. The van der Waals surface area contributed by atoms with Gasteiger partial charge in [-0.2, -0.15) is 13.2 Å². The molecule has 2 heterocycles. The number of pyridine rings is 1. The maximum absolute atomic E-state index is 12.6. The van der Waals surface area contributed by atoms with Gasteiger partial charge in [-0.3, -0.25) is 0 Å². The average molecular weight is 301 g/mol. The summed E-state index contributed by atoms with van der Waals surface area (Å²) in [5.74, 6) is -0.417. The highest BCUT2D eigenvalue weighted by molar-refractivity contribution is 5.39. The van der Waals surface area contributed by atoms with Crippen molar-refractivity contribution < 1.29 is 13.2 Å². The van der Waals surface area contributed by atoms with Crippen LogP contribution in [-0.4, -0.2) is 30.3 Å². The van der Waals surface area contributed by atoms with E-state index in [4.69, 9.17) is 5.73 Å². The van der Waals surface area contributed by atoms with Crippen LogP contribution >= 0.6 is 0 Å². The Bertz CT molecular complexity index is 436. The minimum absolute atomic E-state index is 0.125. The molecule has 1 aromatic rings. The van der Waals surface area contributed by atoms with Crippen LogP contribution in [0, 0.1) is 5.92 Å². The standard InChI is InChI=1S/C15H22F3N3/c1-2-13(19)9-11-3-4-14(20-10-11)21-7-5-12(6-8-21)15(16,17)18/h3-4,10,12-13H,2,5-9,19H2,1H3. The largest absolute Gasteiger partial charge is 0.391 e. The van der Waals surface area contributed by atoms with Crippen LogP contribution in [0.2, 0.25) is 0 Å². The van der Waals surface area contributed by atoms with Crippen molar-refractivity contribution in [3.05, 3.63) is 23.9 Å². The molecular weight excluding hydrogens is 279 g/mol. The highest BCUT2D eigenvalue weighted by Crippen LogP contribution is 2.34. The maximum atomic E-state index is 12.6. The number of halogens is 3. The van der Waals surface area contributed by atoms with Crippen LogP contribution in [0.5, 0.6) is 0 Å². The predicted octanol–water partition coefficient (Wildman–Crippen LogP) is 3.14. The lowest BCUT2D eigenvalue weighted by atomic mass is 9.96. The van der Waals surface area contributed by atoms with Gasteiger partial charge in [0.2, 0.25) is 0 Å². The van der Waals surface area contributed by atoms with E-state index in [0.717, 1.165) is 24.2 Å². The summed E-state index contributed by atoms with van der Waals surface area (Å²) in [5, 5.41) is 0. The number of anilines is 1. The van der Waals surface area contributed by atoms with Gasteiger partial charge in [0.15, 0.2) is 0 Å². The molecule has 0 amide bonds. The van der Waals surface area contributed by atoms with Crippen LogP contribution in [0.15, 0.2) is 18.3 Å². The minimum Gasteiger partial charge on any atom is -0.357 e. The topological polar surface area (TPSA) is 42.1 Å². The van der Waals surface area contributed by atoms with E-state index in [9.17, 15) is 13.2 Å². The number of piperidine rings is 1. The van der Waals surface area contributed by atoms with Crippen molar-refractivity contribution in [1.82, 2.24) is 4.98 Å². The molecule has 118 valence electrons. The molecule has 0 saturated carbocycles. The molecule has 0 aromatic carbocycles. The van der Waals surface area contributed by atoms with Gasteiger partial charge in [0.1, 0.15) is 5.82 Å². The van der Waals surface area contributed by atoms with Crippen molar-refractivity contribution >= 4 is 5.82 Å². The fraction of sp³-hybridized carbons (Fsp3) is 0.667. The van der Waals surface area contributed by atoms with Gasteiger partial charge in [0.25, 0.3) is 0 Å². The third kappa shape index (κ3) is 4.33. The summed E-state index contributed by atoms with van der Waals surface area (Å²) in [4.78, 5) is 6.29. The number of hydrogen-bond donors (Lipinski definition) is 1. The quantitative estimate of drug-likeness (QED) is 0.929. The van der Waals surface area contributed by atoms with E-state index < -0.39 is 12.1 Å². The van der Waals surface area contributed by atoms with Crippen molar-refractivity contribution in [3.8, 4) is 0 Å². The van der Waals surface area contributed by atoms with E-state index in [-0.39, 0.29) is 18.9 Å². The average Bonchev–Trinajstić information content (AvgIpc) is 2.47. The molecule has 1 aliphatic rings. The van der Waals surface area contributed by atoms with Gasteiger partial charge < -0.3 is 10.6 Å². The lowest BCUT2D eigenvalue weighted by molar-refractivity contribution is -0.179.